The van der Waals surface area contributed by atoms with Crippen molar-refractivity contribution in [3.63, 3.8) is 0 Å². The number of pyridine rings is 1. The smallest absolute Gasteiger partial charge is 0.233 e. The van der Waals surface area contributed by atoms with Crippen molar-refractivity contribution in [1.29, 1.82) is 0 Å². The molecule has 2 N–H and O–H groups in total. The van der Waals surface area contributed by atoms with E-state index in [9.17, 15) is 4.79 Å². The number of carbonyl (C=O) groups excluding carboxylic acids is 1. The third-order valence-electron chi connectivity index (χ3n) is 4.43. The maximum atomic E-state index is 11.6. The van der Waals surface area contributed by atoms with Crippen LogP contribution in [-0.4, -0.2) is 25.2 Å². The highest BCUT2D eigenvalue weighted by Crippen LogP contribution is 2.36. The molecular formula is C19H28N4OS. The number of aromatic nitrogens is 3. The van der Waals surface area contributed by atoms with E-state index >= 15 is 0 Å². The van der Waals surface area contributed by atoms with Crippen LogP contribution in [0.2, 0.25) is 0 Å². The molecular weight excluding hydrogens is 332 g/mol. The zero-order valence-corrected chi connectivity index (χ0v) is 16.6. The van der Waals surface area contributed by atoms with E-state index in [1.165, 1.54) is 24.6 Å². The van der Waals surface area contributed by atoms with Crippen molar-refractivity contribution in [2.75, 3.05) is 0 Å². The van der Waals surface area contributed by atoms with Gasteiger partial charge in [0, 0.05) is 24.1 Å². The van der Waals surface area contributed by atoms with Crippen LogP contribution in [0.5, 0.6) is 0 Å². The molecule has 0 bridgehead atoms. The second kappa shape index (κ2) is 6.31. The lowest BCUT2D eigenvalue weighted by atomic mass is 9.92. The highest BCUT2D eigenvalue weighted by Gasteiger charge is 2.28. The number of imidazole rings is 1. The zero-order valence-electron chi connectivity index (χ0n) is 15.8. The van der Waals surface area contributed by atoms with Crippen LogP contribution in [0.1, 0.15) is 53.3 Å². The Morgan fingerprint density at radius 1 is 1.32 bits per heavy atom. The first-order chi connectivity index (χ1) is 11.5. The molecule has 0 atom stereocenters. The Labute approximate surface area is 153 Å². The Kier molecular flexibility index (Phi) is 4.60. The SMILES string of the molecule is CC(C)(C)Cc1nc2cc(SC(C)(C)C(N)=O)cnc2n1CC1CC1. The second-order valence-electron chi connectivity index (χ2n) is 8.81. The van der Waals surface area contributed by atoms with E-state index in [1.54, 1.807) is 0 Å². The highest BCUT2D eigenvalue weighted by molar-refractivity contribution is 8.01. The molecule has 2 aromatic rings. The fraction of sp³-hybridized carbons (Fsp3) is 0.632. The third kappa shape index (κ3) is 4.35. The molecule has 25 heavy (non-hydrogen) atoms. The average Bonchev–Trinajstić information content (AvgIpc) is 3.21. The number of rotatable bonds is 6. The van der Waals surface area contributed by atoms with Gasteiger partial charge in [0.05, 0.1) is 4.75 Å². The minimum atomic E-state index is -0.666. The number of nitrogens with two attached hydrogens (primary N) is 1. The first-order valence-corrected chi connectivity index (χ1v) is 9.71. The van der Waals surface area contributed by atoms with E-state index in [2.05, 4.69) is 30.3 Å². The lowest BCUT2D eigenvalue weighted by molar-refractivity contribution is -0.119. The fourth-order valence-corrected chi connectivity index (χ4v) is 3.77. The van der Waals surface area contributed by atoms with Gasteiger partial charge in [-0.25, -0.2) is 9.97 Å². The molecule has 1 fully saturated rings. The Hall–Kier alpha value is -1.56. The van der Waals surface area contributed by atoms with Crippen molar-refractivity contribution in [3.8, 4) is 0 Å². The molecule has 2 heterocycles. The van der Waals surface area contributed by atoms with Gasteiger partial charge in [0.15, 0.2) is 5.65 Å². The number of fused-ring (bicyclic) bond motifs is 1. The van der Waals surface area contributed by atoms with E-state index in [4.69, 9.17) is 10.7 Å². The van der Waals surface area contributed by atoms with Gasteiger partial charge in [-0.15, -0.1) is 11.8 Å². The first-order valence-electron chi connectivity index (χ1n) is 8.89. The van der Waals surface area contributed by atoms with Crippen molar-refractivity contribution < 1.29 is 4.79 Å². The molecule has 0 aromatic carbocycles. The van der Waals surface area contributed by atoms with Crippen LogP contribution in [0.4, 0.5) is 0 Å². The lowest BCUT2D eigenvalue weighted by Crippen LogP contribution is -2.34. The van der Waals surface area contributed by atoms with Gasteiger partial charge in [-0.05, 0) is 44.1 Å². The van der Waals surface area contributed by atoms with Gasteiger partial charge < -0.3 is 10.3 Å². The number of nitrogens with zero attached hydrogens (tertiary/aromatic N) is 3. The number of primary amides is 1. The molecule has 0 saturated heterocycles. The number of hydrogen-bond donors (Lipinski definition) is 1. The van der Waals surface area contributed by atoms with Crippen molar-refractivity contribution in [1.82, 2.24) is 14.5 Å². The van der Waals surface area contributed by atoms with Gasteiger partial charge in [0.1, 0.15) is 11.3 Å². The quantitative estimate of drug-likeness (QED) is 0.796. The van der Waals surface area contributed by atoms with Gasteiger partial charge in [-0.1, -0.05) is 20.8 Å². The van der Waals surface area contributed by atoms with Gasteiger partial charge in [0.2, 0.25) is 5.91 Å². The molecule has 0 aliphatic heterocycles. The summed E-state index contributed by atoms with van der Waals surface area (Å²) in [6, 6.07) is 2.03. The van der Waals surface area contributed by atoms with Crippen LogP contribution < -0.4 is 5.73 Å². The van der Waals surface area contributed by atoms with Crippen LogP contribution >= 0.6 is 11.8 Å². The summed E-state index contributed by atoms with van der Waals surface area (Å²) in [7, 11) is 0. The maximum Gasteiger partial charge on any atom is 0.233 e. The van der Waals surface area contributed by atoms with Crippen molar-refractivity contribution >= 4 is 28.8 Å². The molecule has 6 heteroatoms. The summed E-state index contributed by atoms with van der Waals surface area (Å²) < 4.78 is 1.63. The van der Waals surface area contributed by atoms with Crippen molar-refractivity contribution in [2.45, 2.75) is 70.1 Å². The van der Waals surface area contributed by atoms with Crippen LogP contribution in [0.3, 0.4) is 0 Å². The number of carbonyl (C=O) groups is 1. The van der Waals surface area contributed by atoms with E-state index in [-0.39, 0.29) is 11.3 Å². The highest BCUT2D eigenvalue weighted by atomic mass is 32.2. The van der Waals surface area contributed by atoms with Crippen molar-refractivity contribution in [3.05, 3.63) is 18.1 Å². The van der Waals surface area contributed by atoms with Gasteiger partial charge in [0.25, 0.3) is 0 Å². The zero-order chi connectivity index (χ0) is 18.4. The van der Waals surface area contributed by atoms with Crippen LogP contribution in [-0.2, 0) is 17.8 Å². The Balaban J connectivity index is 1.97. The Morgan fingerprint density at radius 3 is 2.56 bits per heavy atom. The van der Waals surface area contributed by atoms with E-state index in [0.29, 0.717) is 0 Å². The standard InChI is InChI=1S/C19H28N4OS/c1-18(2,3)9-15-22-14-8-13(25-19(4,5)17(20)24)10-21-16(14)23(15)11-12-6-7-12/h8,10,12H,6-7,9,11H2,1-5H3,(H2,20,24). The topological polar surface area (TPSA) is 73.8 Å². The molecule has 0 radical (unpaired) electrons. The molecule has 136 valence electrons. The van der Waals surface area contributed by atoms with Gasteiger partial charge in [-0.3, -0.25) is 4.79 Å². The summed E-state index contributed by atoms with van der Waals surface area (Å²) in [5.41, 5.74) is 7.52. The van der Waals surface area contributed by atoms with Gasteiger partial charge >= 0.3 is 0 Å². The second-order valence-corrected chi connectivity index (χ2v) is 10.5. The normalized spacial score (nSPS) is 15.7. The molecule has 0 unspecified atom stereocenters. The monoisotopic (exact) mass is 360 g/mol. The molecule has 2 aromatic heterocycles. The number of amides is 1. The van der Waals surface area contributed by atoms with Crippen LogP contribution in [0.15, 0.2) is 17.2 Å². The predicted molar refractivity (Wildman–Crippen MR) is 103 cm³/mol. The molecule has 1 aliphatic carbocycles. The van der Waals surface area contributed by atoms with Crippen molar-refractivity contribution in [2.24, 2.45) is 17.1 Å². The van der Waals surface area contributed by atoms with Crippen LogP contribution in [0.25, 0.3) is 11.2 Å². The van der Waals surface area contributed by atoms with Crippen LogP contribution in [0, 0.1) is 11.3 Å². The van der Waals surface area contributed by atoms with E-state index in [1.807, 2.05) is 26.1 Å². The summed E-state index contributed by atoms with van der Waals surface area (Å²) in [6.45, 7) is 11.4. The van der Waals surface area contributed by atoms with E-state index in [0.717, 1.165) is 40.8 Å². The summed E-state index contributed by atoms with van der Waals surface area (Å²) in [5.74, 6) is 1.55. The largest absolute Gasteiger partial charge is 0.368 e. The van der Waals surface area contributed by atoms with E-state index < -0.39 is 4.75 Å². The molecule has 3 rings (SSSR count). The lowest BCUT2D eigenvalue weighted by Gasteiger charge is -2.19. The molecule has 0 spiro atoms. The Morgan fingerprint density at radius 2 is 2.00 bits per heavy atom. The summed E-state index contributed by atoms with van der Waals surface area (Å²) in [6.07, 6.45) is 5.36. The minimum absolute atomic E-state index is 0.175. The molecule has 1 saturated carbocycles. The molecule has 1 aliphatic rings. The minimum Gasteiger partial charge on any atom is -0.368 e. The van der Waals surface area contributed by atoms with Gasteiger partial charge in [-0.2, -0.15) is 0 Å². The molecule has 1 amide bonds. The predicted octanol–water partition coefficient (Wildman–Crippen LogP) is 3.79. The maximum absolute atomic E-state index is 11.6. The average molecular weight is 361 g/mol. The molecule has 5 nitrogen and oxygen atoms in total. The fourth-order valence-electron chi connectivity index (χ4n) is 2.80. The number of hydrogen-bond acceptors (Lipinski definition) is 4. The third-order valence-corrected chi connectivity index (χ3v) is 5.60. The summed E-state index contributed by atoms with van der Waals surface area (Å²) in [5, 5.41) is 0. The summed E-state index contributed by atoms with van der Waals surface area (Å²) >= 11 is 1.44. The summed E-state index contributed by atoms with van der Waals surface area (Å²) in [4.78, 5) is 22.1. The Bertz CT molecular complexity index is 800. The first kappa shape index (κ1) is 18.2. The number of thioether (sulfide) groups is 1.